The number of rotatable bonds is 6. The Morgan fingerprint density at radius 3 is 2.75 bits per heavy atom. The van der Waals surface area contributed by atoms with Crippen molar-refractivity contribution in [1.82, 2.24) is 15.1 Å². The average Bonchev–Trinajstić information content (AvgIpc) is 3.25. The number of carbonyl (C=O) groups excluding carboxylic acids is 1. The molecule has 0 atom stereocenters. The molecule has 1 aromatic heterocycles. The Morgan fingerprint density at radius 1 is 1.28 bits per heavy atom. The lowest BCUT2D eigenvalue weighted by Gasteiger charge is -2.24. The average molecular weight is 439 g/mol. The molecular weight excluding hydrogens is 417 g/mol. The number of hydrogen-bond donors (Lipinski definition) is 2. The number of hydrogen-bond acceptors (Lipinski definition) is 6. The maximum Gasteiger partial charge on any atom is 0.271 e. The highest BCUT2D eigenvalue weighted by atomic mass is 19.1. The molecule has 0 aliphatic carbocycles. The lowest BCUT2D eigenvalue weighted by molar-refractivity contribution is -0.384. The van der Waals surface area contributed by atoms with E-state index < -0.39 is 16.6 Å². The number of aromatic nitrogens is 2. The first-order valence-corrected chi connectivity index (χ1v) is 10.2. The van der Waals surface area contributed by atoms with Crippen molar-refractivity contribution in [1.29, 1.82) is 0 Å². The lowest BCUT2D eigenvalue weighted by atomic mass is 9.91. The molecule has 1 fully saturated rings. The number of halogens is 1. The van der Waals surface area contributed by atoms with Crippen LogP contribution in [0.2, 0.25) is 0 Å². The predicted octanol–water partition coefficient (Wildman–Crippen LogP) is 3.65. The summed E-state index contributed by atoms with van der Waals surface area (Å²) in [6, 6.07) is 10.0. The summed E-state index contributed by atoms with van der Waals surface area (Å²) in [5, 5.41) is 21.6. The molecule has 4 rings (SSSR count). The van der Waals surface area contributed by atoms with Crippen LogP contribution >= 0.6 is 0 Å². The molecule has 0 saturated carbocycles. The summed E-state index contributed by atoms with van der Waals surface area (Å²) >= 11 is 0. The van der Waals surface area contributed by atoms with Crippen LogP contribution in [0.5, 0.6) is 5.75 Å². The smallest absolute Gasteiger partial charge is 0.271 e. The summed E-state index contributed by atoms with van der Waals surface area (Å²) in [5.41, 5.74) is 1.54. The molecule has 9 nitrogen and oxygen atoms in total. The van der Waals surface area contributed by atoms with Crippen LogP contribution in [0, 0.1) is 15.9 Å². The number of methoxy groups -OCH3 is 1. The van der Waals surface area contributed by atoms with Gasteiger partial charge in [-0.3, -0.25) is 14.9 Å². The minimum absolute atomic E-state index is 0.0368. The molecule has 2 heterocycles. The number of nitro benzene ring substituents is 1. The van der Waals surface area contributed by atoms with E-state index in [9.17, 15) is 19.3 Å². The van der Waals surface area contributed by atoms with Crippen molar-refractivity contribution in [3.05, 3.63) is 75.9 Å². The second kappa shape index (κ2) is 9.15. The highest BCUT2D eigenvalue weighted by molar-refractivity contribution is 6.06. The van der Waals surface area contributed by atoms with E-state index in [0.29, 0.717) is 22.7 Å². The van der Waals surface area contributed by atoms with E-state index in [4.69, 9.17) is 4.74 Å². The fraction of sp³-hybridized carbons (Fsp3) is 0.273. The van der Waals surface area contributed by atoms with Gasteiger partial charge < -0.3 is 15.4 Å². The maximum absolute atomic E-state index is 13.9. The SMILES string of the molecule is COc1ccc([N+](=O)[O-])cc1NC(=O)c1cnn(-c2cccc(F)c2)c1C1CCNCC1. The molecule has 166 valence electrons. The van der Waals surface area contributed by atoms with Gasteiger partial charge in [0.15, 0.2) is 0 Å². The number of nitro groups is 1. The zero-order chi connectivity index (χ0) is 22.7. The number of amides is 1. The Hall–Kier alpha value is -3.79. The summed E-state index contributed by atoms with van der Waals surface area (Å²) in [6.07, 6.45) is 3.03. The second-order valence-electron chi connectivity index (χ2n) is 7.46. The normalized spacial score (nSPS) is 14.2. The number of nitrogens with zero attached hydrogens (tertiary/aromatic N) is 3. The molecule has 1 saturated heterocycles. The molecule has 0 radical (unpaired) electrons. The van der Waals surface area contributed by atoms with Crippen molar-refractivity contribution in [3.8, 4) is 11.4 Å². The second-order valence-corrected chi connectivity index (χ2v) is 7.46. The van der Waals surface area contributed by atoms with E-state index in [2.05, 4.69) is 15.7 Å². The molecule has 1 aliphatic heterocycles. The highest BCUT2D eigenvalue weighted by Crippen LogP contribution is 2.33. The van der Waals surface area contributed by atoms with Gasteiger partial charge in [0.2, 0.25) is 0 Å². The predicted molar refractivity (Wildman–Crippen MR) is 116 cm³/mol. The Balaban J connectivity index is 1.74. The van der Waals surface area contributed by atoms with Crippen LogP contribution in [0.25, 0.3) is 5.69 Å². The summed E-state index contributed by atoms with van der Waals surface area (Å²) in [4.78, 5) is 23.9. The van der Waals surface area contributed by atoms with Gasteiger partial charge in [-0.05, 0) is 50.2 Å². The molecule has 2 N–H and O–H groups in total. The summed E-state index contributed by atoms with van der Waals surface area (Å²) in [5.74, 6) is -0.541. The van der Waals surface area contributed by atoms with Crippen molar-refractivity contribution < 1.29 is 18.8 Å². The van der Waals surface area contributed by atoms with Crippen LogP contribution in [-0.4, -0.2) is 40.8 Å². The van der Waals surface area contributed by atoms with Gasteiger partial charge in [0.05, 0.1) is 40.9 Å². The van der Waals surface area contributed by atoms with Gasteiger partial charge >= 0.3 is 0 Å². The van der Waals surface area contributed by atoms with Gasteiger partial charge in [0, 0.05) is 18.1 Å². The molecule has 1 aliphatic rings. The van der Waals surface area contributed by atoms with Gasteiger partial charge in [-0.2, -0.15) is 5.10 Å². The summed E-state index contributed by atoms with van der Waals surface area (Å²) in [6.45, 7) is 1.58. The van der Waals surface area contributed by atoms with Gasteiger partial charge in [0.1, 0.15) is 11.6 Å². The first kappa shape index (κ1) is 21.4. The molecule has 2 aromatic carbocycles. The minimum atomic E-state index is -0.544. The summed E-state index contributed by atoms with van der Waals surface area (Å²) in [7, 11) is 1.42. The topological polar surface area (TPSA) is 111 Å². The van der Waals surface area contributed by atoms with E-state index in [1.165, 1.54) is 43.6 Å². The largest absolute Gasteiger partial charge is 0.495 e. The number of nitrogens with one attached hydrogen (secondary N) is 2. The van der Waals surface area contributed by atoms with Crippen molar-refractivity contribution in [3.63, 3.8) is 0 Å². The molecule has 10 heteroatoms. The Morgan fingerprint density at radius 2 is 2.06 bits per heavy atom. The van der Waals surface area contributed by atoms with E-state index >= 15 is 0 Å². The number of carbonyl (C=O) groups is 1. The van der Waals surface area contributed by atoms with Crippen LogP contribution in [0.4, 0.5) is 15.8 Å². The van der Waals surface area contributed by atoms with Crippen molar-refractivity contribution >= 4 is 17.3 Å². The number of anilines is 1. The molecule has 0 bridgehead atoms. The Kier molecular flexibility index (Phi) is 6.13. The van der Waals surface area contributed by atoms with E-state index in [-0.39, 0.29) is 17.3 Å². The fourth-order valence-corrected chi connectivity index (χ4v) is 3.93. The first-order chi connectivity index (χ1) is 15.5. The van der Waals surface area contributed by atoms with Gasteiger partial charge in [-0.1, -0.05) is 6.07 Å². The van der Waals surface area contributed by atoms with Gasteiger partial charge in [-0.15, -0.1) is 0 Å². The zero-order valence-corrected chi connectivity index (χ0v) is 17.4. The van der Waals surface area contributed by atoms with Crippen molar-refractivity contribution in [2.75, 3.05) is 25.5 Å². The number of ether oxygens (including phenoxy) is 1. The quantitative estimate of drug-likeness (QED) is 0.448. The fourth-order valence-electron chi connectivity index (χ4n) is 3.93. The van der Waals surface area contributed by atoms with Crippen LogP contribution in [-0.2, 0) is 0 Å². The van der Waals surface area contributed by atoms with Crippen LogP contribution in [0.15, 0.2) is 48.7 Å². The Labute approximate surface area is 183 Å². The molecule has 3 aromatic rings. The zero-order valence-electron chi connectivity index (χ0n) is 17.4. The molecule has 0 spiro atoms. The van der Waals surface area contributed by atoms with E-state index in [0.717, 1.165) is 25.9 Å². The molecule has 1 amide bonds. The third-order valence-electron chi connectivity index (χ3n) is 5.47. The minimum Gasteiger partial charge on any atom is -0.495 e. The standard InChI is InChI=1S/C22H22FN5O4/c1-32-20-6-5-17(28(30)31)12-19(20)26-22(29)18-13-25-27(16-4-2-3-15(23)11-16)21(18)14-7-9-24-10-8-14/h2-6,11-14,24H,7-10H2,1H3,(H,26,29). The molecular formula is C22H22FN5O4. The Bertz CT molecular complexity index is 1160. The van der Waals surface area contributed by atoms with Gasteiger partial charge in [-0.25, -0.2) is 9.07 Å². The molecule has 0 unspecified atom stereocenters. The van der Waals surface area contributed by atoms with Gasteiger partial charge in [0.25, 0.3) is 11.6 Å². The van der Waals surface area contributed by atoms with Crippen LogP contribution in [0.3, 0.4) is 0 Å². The van der Waals surface area contributed by atoms with E-state index in [1.54, 1.807) is 16.8 Å². The van der Waals surface area contributed by atoms with Crippen molar-refractivity contribution in [2.45, 2.75) is 18.8 Å². The number of benzene rings is 2. The maximum atomic E-state index is 13.9. The first-order valence-electron chi connectivity index (χ1n) is 10.2. The third-order valence-corrected chi connectivity index (χ3v) is 5.47. The van der Waals surface area contributed by atoms with E-state index in [1.807, 2.05) is 0 Å². The highest BCUT2D eigenvalue weighted by Gasteiger charge is 2.28. The summed E-state index contributed by atoms with van der Waals surface area (Å²) < 4.78 is 20.7. The third kappa shape index (κ3) is 4.30. The van der Waals surface area contributed by atoms with Crippen LogP contribution < -0.4 is 15.4 Å². The van der Waals surface area contributed by atoms with Crippen molar-refractivity contribution in [2.24, 2.45) is 0 Å². The molecule has 32 heavy (non-hydrogen) atoms. The monoisotopic (exact) mass is 439 g/mol. The number of piperidine rings is 1. The van der Waals surface area contributed by atoms with Crippen LogP contribution in [0.1, 0.15) is 34.8 Å². The number of non-ortho nitro benzene ring substituents is 1. The lowest BCUT2D eigenvalue weighted by Crippen LogP contribution is -2.29.